The van der Waals surface area contributed by atoms with Crippen molar-refractivity contribution in [2.45, 2.75) is 25.3 Å². The van der Waals surface area contributed by atoms with Gasteiger partial charge in [-0.2, -0.15) is 5.10 Å². The van der Waals surface area contributed by atoms with Gasteiger partial charge in [0.2, 0.25) is 0 Å². The van der Waals surface area contributed by atoms with E-state index in [0.29, 0.717) is 11.6 Å². The largest absolute Gasteiger partial charge is 0.367 e. The predicted molar refractivity (Wildman–Crippen MR) is 133 cm³/mol. The molecule has 5 aromatic rings. The molecule has 170 valence electrons. The first-order valence-electron chi connectivity index (χ1n) is 11.3. The van der Waals surface area contributed by atoms with Crippen LogP contribution in [0.4, 0.5) is 5.82 Å². The van der Waals surface area contributed by atoms with Crippen molar-refractivity contribution in [1.29, 1.82) is 0 Å². The standard InChI is InChI=1S/C25H23N7OS/c1-32-12-9-18(31-32)21-19(16-5-3-2-4-6-16)20-22(28-17-8-7-15(13-17)14-33)29-24(30-25(20)34-21)23-26-10-11-27-23/h2-6,9-12,14-15,17H,7-8,13H2,1H3,(H,26,27)(H,28,29,30)/t15-,17+/m0/s1. The number of carbonyl (C=O) groups excluding carboxylic acids is 1. The molecule has 9 heteroatoms. The zero-order chi connectivity index (χ0) is 23.1. The van der Waals surface area contributed by atoms with Crippen LogP contribution >= 0.6 is 11.3 Å². The third-order valence-corrected chi connectivity index (χ3v) is 7.38. The molecule has 1 aliphatic carbocycles. The molecule has 1 aromatic carbocycles. The maximum Gasteiger partial charge on any atom is 0.199 e. The molecule has 0 spiro atoms. The molecule has 0 radical (unpaired) electrons. The number of thiophene rings is 1. The molecule has 1 saturated carbocycles. The maximum absolute atomic E-state index is 11.4. The minimum absolute atomic E-state index is 0.0968. The fourth-order valence-electron chi connectivity index (χ4n) is 4.66. The lowest BCUT2D eigenvalue weighted by molar-refractivity contribution is -0.110. The lowest BCUT2D eigenvalue weighted by atomic mass is 10.0. The summed E-state index contributed by atoms with van der Waals surface area (Å²) in [5.41, 5.74) is 3.05. The van der Waals surface area contributed by atoms with Crippen molar-refractivity contribution in [3.05, 3.63) is 55.0 Å². The van der Waals surface area contributed by atoms with Crippen molar-refractivity contribution < 1.29 is 4.79 Å². The number of nitrogens with zero attached hydrogens (tertiary/aromatic N) is 5. The summed E-state index contributed by atoms with van der Waals surface area (Å²) in [4.78, 5) is 30.6. The molecule has 0 bridgehead atoms. The van der Waals surface area contributed by atoms with Crippen LogP contribution in [0.5, 0.6) is 0 Å². The summed E-state index contributed by atoms with van der Waals surface area (Å²) in [6.07, 6.45) is 9.13. The van der Waals surface area contributed by atoms with Crippen molar-refractivity contribution in [1.82, 2.24) is 29.7 Å². The Morgan fingerprint density at radius 2 is 2.06 bits per heavy atom. The fourth-order valence-corrected chi connectivity index (χ4v) is 5.82. The number of aromatic nitrogens is 6. The SMILES string of the molecule is Cn1ccc(-c2sc3nc(-c4ncc[nH]4)nc(N[C@@H]4CC[C@H](C=O)C4)c3c2-c2ccccc2)n1. The van der Waals surface area contributed by atoms with E-state index in [4.69, 9.17) is 9.97 Å². The molecule has 2 atom stereocenters. The molecule has 6 rings (SSSR count). The van der Waals surface area contributed by atoms with Gasteiger partial charge in [0.25, 0.3) is 0 Å². The van der Waals surface area contributed by atoms with Crippen LogP contribution in [0.15, 0.2) is 55.0 Å². The van der Waals surface area contributed by atoms with E-state index in [1.165, 1.54) is 0 Å². The highest BCUT2D eigenvalue weighted by atomic mass is 32.1. The molecular formula is C25H23N7OS. The third kappa shape index (κ3) is 3.67. The van der Waals surface area contributed by atoms with Gasteiger partial charge in [0.15, 0.2) is 11.6 Å². The van der Waals surface area contributed by atoms with Gasteiger partial charge in [0.1, 0.15) is 22.6 Å². The molecule has 0 aliphatic heterocycles. The Labute approximate surface area is 200 Å². The number of H-pyrrole nitrogens is 1. The average molecular weight is 470 g/mol. The van der Waals surface area contributed by atoms with Gasteiger partial charge in [-0.15, -0.1) is 11.3 Å². The first-order chi connectivity index (χ1) is 16.7. The highest BCUT2D eigenvalue weighted by Gasteiger charge is 2.28. The van der Waals surface area contributed by atoms with Gasteiger partial charge in [0.05, 0.1) is 10.3 Å². The molecule has 8 nitrogen and oxygen atoms in total. The summed E-state index contributed by atoms with van der Waals surface area (Å²) in [6, 6.07) is 12.5. The molecule has 34 heavy (non-hydrogen) atoms. The molecule has 0 saturated heterocycles. The minimum Gasteiger partial charge on any atom is -0.367 e. The van der Waals surface area contributed by atoms with E-state index in [0.717, 1.165) is 63.3 Å². The van der Waals surface area contributed by atoms with Gasteiger partial charge in [-0.1, -0.05) is 30.3 Å². The van der Waals surface area contributed by atoms with Gasteiger partial charge in [-0.3, -0.25) is 4.68 Å². The Hall–Kier alpha value is -3.85. The quantitative estimate of drug-likeness (QED) is 0.342. The van der Waals surface area contributed by atoms with Crippen molar-refractivity contribution >= 4 is 33.7 Å². The zero-order valence-electron chi connectivity index (χ0n) is 18.6. The van der Waals surface area contributed by atoms with Crippen molar-refractivity contribution in [3.8, 4) is 33.3 Å². The van der Waals surface area contributed by atoms with Crippen molar-refractivity contribution in [3.63, 3.8) is 0 Å². The third-order valence-electron chi connectivity index (χ3n) is 6.28. The second-order valence-electron chi connectivity index (χ2n) is 8.61. The molecule has 1 aliphatic rings. The Morgan fingerprint density at radius 3 is 2.76 bits per heavy atom. The highest BCUT2D eigenvalue weighted by Crippen LogP contribution is 2.46. The summed E-state index contributed by atoms with van der Waals surface area (Å²) in [5.74, 6) is 2.03. The number of rotatable bonds is 6. The summed E-state index contributed by atoms with van der Waals surface area (Å²) in [5, 5.41) is 9.32. The number of aromatic amines is 1. The monoisotopic (exact) mass is 469 g/mol. The first kappa shape index (κ1) is 20.7. The zero-order valence-corrected chi connectivity index (χ0v) is 19.4. The topological polar surface area (TPSA) is 101 Å². The number of aldehydes is 1. The van der Waals surface area contributed by atoms with Crippen LogP contribution in [-0.2, 0) is 11.8 Å². The predicted octanol–water partition coefficient (Wildman–Crippen LogP) is 4.93. The number of benzene rings is 1. The van der Waals surface area contributed by atoms with Crippen LogP contribution in [0.1, 0.15) is 19.3 Å². The van der Waals surface area contributed by atoms with E-state index in [1.54, 1.807) is 23.7 Å². The van der Waals surface area contributed by atoms with E-state index in [-0.39, 0.29) is 12.0 Å². The molecule has 4 heterocycles. The molecule has 0 unspecified atom stereocenters. The molecule has 1 fully saturated rings. The van der Waals surface area contributed by atoms with Crippen LogP contribution in [0.2, 0.25) is 0 Å². The van der Waals surface area contributed by atoms with E-state index in [2.05, 4.69) is 32.5 Å². The molecule has 0 amide bonds. The lowest BCUT2D eigenvalue weighted by Crippen LogP contribution is -2.17. The second-order valence-corrected chi connectivity index (χ2v) is 9.61. The van der Waals surface area contributed by atoms with Crippen molar-refractivity contribution in [2.75, 3.05) is 5.32 Å². The van der Waals surface area contributed by atoms with Crippen LogP contribution in [-0.4, -0.2) is 42.0 Å². The summed E-state index contributed by atoms with van der Waals surface area (Å²) < 4.78 is 1.81. The van der Waals surface area contributed by atoms with Gasteiger partial charge in [0, 0.05) is 43.2 Å². The van der Waals surface area contributed by atoms with Crippen LogP contribution < -0.4 is 5.32 Å². The number of hydrogen-bond donors (Lipinski definition) is 2. The van der Waals surface area contributed by atoms with Crippen molar-refractivity contribution in [2.24, 2.45) is 13.0 Å². The number of imidazole rings is 1. The van der Waals surface area contributed by atoms with Gasteiger partial charge < -0.3 is 15.1 Å². The number of hydrogen-bond acceptors (Lipinski definition) is 7. The van der Waals surface area contributed by atoms with E-state index >= 15 is 0 Å². The molecular weight excluding hydrogens is 446 g/mol. The number of aryl methyl sites for hydroxylation is 1. The number of nitrogens with one attached hydrogen (secondary N) is 2. The first-order valence-corrected chi connectivity index (χ1v) is 12.1. The van der Waals surface area contributed by atoms with Crippen LogP contribution in [0.3, 0.4) is 0 Å². The minimum atomic E-state index is 0.0968. The average Bonchev–Trinajstić information content (AvgIpc) is 3.65. The van der Waals surface area contributed by atoms with Gasteiger partial charge in [-0.05, 0) is 30.9 Å². The smallest absolute Gasteiger partial charge is 0.199 e. The van der Waals surface area contributed by atoms with Crippen LogP contribution in [0.25, 0.3) is 43.6 Å². The highest BCUT2D eigenvalue weighted by molar-refractivity contribution is 7.22. The van der Waals surface area contributed by atoms with E-state index < -0.39 is 0 Å². The second kappa shape index (κ2) is 8.49. The van der Waals surface area contributed by atoms with Gasteiger partial charge in [-0.25, -0.2) is 15.0 Å². The number of anilines is 1. The lowest BCUT2D eigenvalue weighted by Gasteiger charge is -2.15. The number of carbonyl (C=O) groups is 1. The summed E-state index contributed by atoms with van der Waals surface area (Å²) in [6.45, 7) is 0. The Morgan fingerprint density at radius 1 is 1.18 bits per heavy atom. The van der Waals surface area contributed by atoms with E-state index in [9.17, 15) is 4.79 Å². The normalized spacial score (nSPS) is 17.9. The maximum atomic E-state index is 11.4. The number of fused-ring (bicyclic) bond motifs is 1. The Kier molecular flexibility index (Phi) is 5.18. The van der Waals surface area contributed by atoms with E-state index in [1.807, 2.05) is 42.2 Å². The fraction of sp³-hybridized carbons (Fsp3) is 0.240. The summed E-state index contributed by atoms with van der Waals surface area (Å²) in [7, 11) is 1.92. The van der Waals surface area contributed by atoms with Gasteiger partial charge >= 0.3 is 0 Å². The Bertz CT molecular complexity index is 1460. The molecule has 2 N–H and O–H groups in total. The summed E-state index contributed by atoms with van der Waals surface area (Å²) >= 11 is 1.61. The molecule has 4 aromatic heterocycles. The van der Waals surface area contributed by atoms with Crippen LogP contribution in [0, 0.1) is 5.92 Å². The Balaban J connectivity index is 1.59.